The number of anilines is 1. The molecule has 0 unspecified atom stereocenters. The fourth-order valence-electron chi connectivity index (χ4n) is 4.85. The smallest absolute Gasteiger partial charge is 0.352 e. The molecule has 1 fully saturated rings. The van der Waals surface area contributed by atoms with E-state index < -0.39 is 45.2 Å². The lowest BCUT2D eigenvalue weighted by atomic mass is 9.95. The molecule has 13 heteroatoms. The van der Waals surface area contributed by atoms with E-state index in [1.165, 1.54) is 10.6 Å². The van der Waals surface area contributed by atoms with Crippen molar-refractivity contribution in [1.29, 1.82) is 0 Å². The van der Waals surface area contributed by atoms with Crippen molar-refractivity contribution < 1.29 is 26.7 Å². The Morgan fingerprint density at radius 2 is 1.79 bits per heavy atom. The molecule has 3 aromatic rings. The lowest BCUT2D eigenvalue weighted by Crippen LogP contribution is -2.49. The molecule has 200 valence electrons. The van der Waals surface area contributed by atoms with Crippen LogP contribution in [0.25, 0.3) is 22.0 Å². The zero-order chi connectivity index (χ0) is 27.4. The summed E-state index contributed by atoms with van der Waals surface area (Å²) in [7, 11) is 0. The van der Waals surface area contributed by atoms with Gasteiger partial charge in [-0.2, -0.15) is 18.2 Å². The standard InChI is InChI=1S/C25H20ClF5N4O2S/c1-2-19(36)33-5-7-34(8-6-33)23-14-10-15(25(29,30)31)20(13-11-16(26)18(28)12-17(13)27)22-21(14)35(24(37)32-23)4-3-9-38-22/h2,10-12H,1,3-9H2. The van der Waals surface area contributed by atoms with Crippen molar-refractivity contribution in [2.75, 3.05) is 36.8 Å². The van der Waals surface area contributed by atoms with Crippen LogP contribution in [0.4, 0.5) is 27.8 Å². The number of amides is 1. The number of hydrogen-bond donors (Lipinski definition) is 0. The van der Waals surface area contributed by atoms with Crippen molar-refractivity contribution in [2.24, 2.45) is 0 Å². The average Bonchev–Trinajstić information content (AvgIpc) is 3.11. The monoisotopic (exact) mass is 570 g/mol. The van der Waals surface area contributed by atoms with Gasteiger partial charge in [0.1, 0.15) is 17.5 Å². The maximum absolute atomic E-state index is 15.0. The van der Waals surface area contributed by atoms with E-state index in [2.05, 4.69) is 11.6 Å². The molecular formula is C25H20ClF5N4O2S. The predicted octanol–water partition coefficient (Wildman–Crippen LogP) is 5.34. The van der Waals surface area contributed by atoms with E-state index in [-0.39, 0.29) is 60.2 Å². The first-order chi connectivity index (χ1) is 18.0. The average molecular weight is 571 g/mol. The van der Waals surface area contributed by atoms with Crippen LogP contribution in [0.5, 0.6) is 0 Å². The number of aryl methyl sites for hydroxylation is 1. The summed E-state index contributed by atoms with van der Waals surface area (Å²) in [5.74, 6) is -2.15. The van der Waals surface area contributed by atoms with Crippen LogP contribution >= 0.6 is 23.4 Å². The highest BCUT2D eigenvalue weighted by molar-refractivity contribution is 7.99. The number of aromatic nitrogens is 2. The number of rotatable bonds is 3. The van der Waals surface area contributed by atoms with Gasteiger partial charge in [0.2, 0.25) is 5.91 Å². The first-order valence-electron chi connectivity index (χ1n) is 11.6. The summed E-state index contributed by atoms with van der Waals surface area (Å²) in [6.07, 6.45) is -3.28. The van der Waals surface area contributed by atoms with Crippen molar-refractivity contribution in [3.8, 4) is 11.1 Å². The third-order valence-corrected chi connectivity index (χ3v) is 8.09. The van der Waals surface area contributed by atoms with Crippen LogP contribution in [0.15, 0.2) is 40.5 Å². The zero-order valence-electron chi connectivity index (χ0n) is 19.7. The molecule has 0 spiro atoms. The van der Waals surface area contributed by atoms with Gasteiger partial charge in [0, 0.05) is 60.2 Å². The Balaban J connectivity index is 1.81. The highest BCUT2D eigenvalue weighted by atomic mass is 35.5. The molecular weight excluding hydrogens is 551 g/mol. The first kappa shape index (κ1) is 26.5. The highest BCUT2D eigenvalue weighted by Gasteiger charge is 2.39. The van der Waals surface area contributed by atoms with Crippen molar-refractivity contribution >= 4 is 46.0 Å². The van der Waals surface area contributed by atoms with Gasteiger partial charge in [-0.3, -0.25) is 9.36 Å². The summed E-state index contributed by atoms with van der Waals surface area (Å²) < 4.78 is 73.9. The number of carbonyl (C=O) groups excluding carboxylic acids is 1. The van der Waals surface area contributed by atoms with Gasteiger partial charge in [-0.25, -0.2) is 13.6 Å². The van der Waals surface area contributed by atoms with Crippen LogP contribution in [0, 0.1) is 11.6 Å². The van der Waals surface area contributed by atoms with E-state index in [9.17, 15) is 31.5 Å². The lowest BCUT2D eigenvalue weighted by molar-refractivity contribution is -0.137. The minimum atomic E-state index is -4.92. The Morgan fingerprint density at radius 1 is 1.08 bits per heavy atom. The maximum Gasteiger partial charge on any atom is 0.417 e. The van der Waals surface area contributed by atoms with Crippen molar-refractivity contribution in [3.63, 3.8) is 0 Å². The minimum absolute atomic E-state index is 0.0510. The molecule has 1 amide bonds. The summed E-state index contributed by atoms with van der Waals surface area (Å²) in [4.78, 5) is 32.6. The number of hydrogen-bond acceptors (Lipinski definition) is 5. The first-order valence-corrected chi connectivity index (χ1v) is 13.0. The Hall–Kier alpha value is -3.12. The van der Waals surface area contributed by atoms with Crippen LogP contribution in [-0.2, 0) is 17.5 Å². The van der Waals surface area contributed by atoms with Gasteiger partial charge in [0.25, 0.3) is 0 Å². The Labute approximate surface area is 222 Å². The number of alkyl halides is 3. The second kappa shape index (κ2) is 9.88. The van der Waals surface area contributed by atoms with Gasteiger partial charge in [-0.15, -0.1) is 11.8 Å². The molecule has 1 aromatic heterocycles. The van der Waals surface area contributed by atoms with Crippen LogP contribution in [0.3, 0.4) is 0 Å². The lowest BCUT2D eigenvalue weighted by Gasteiger charge is -2.35. The molecule has 2 aromatic carbocycles. The predicted molar refractivity (Wildman–Crippen MR) is 136 cm³/mol. The molecule has 3 heterocycles. The Morgan fingerprint density at radius 3 is 2.45 bits per heavy atom. The van der Waals surface area contributed by atoms with Crippen LogP contribution in [0.2, 0.25) is 5.02 Å². The molecule has 0 N–H and O–H groups in total. The molecule has 5 rings (SSSR count). The van der Waals surface area contributed by atoms with Gasteiger partial charge >= 0.3 is 11.9 Å². The maximum atomic E-state index is 15.0. The van der Waals surface area contributed by atoms with Crippen LogP contribution < -0.4 is 10.6 Å². The fourth-order valence-corrected chi connectivity index (χ4v) is 6.21. The largest absolute Gasteiger partial charge is 0.417 e. The van der Waals surface area contributed by atoms with Gasteiger partial charge in [0.15, 0.2) is 0 Å². The number of nitrogens with zero attached hydrogens (tertiary/aromatic N) is 4. The van der Waals surface area contributed by atoms with Gasteiger partial charge in [0.05, 0.1) is 16.1 Å². The second-order valence-electron chi connectivity index (χ2n) is 8.86. The summed E-state index contributed by atoms with van der Waals surface area (Å²) in [6.45, 7) is 4.68. The molecule has 0 saturated carbocycles. The van der Waals surface area contributed by atoms with Crippen molar-refractivity contribution in [2.45, 2.75) is 24.0 Å². The van der Waals surface area contributed by atoms with E-state index in [4.69, 9.17) is 11.6 Å². The molecule has 0 atom stereocenters. The summed E-state index contributed by atoms with van der Waals surface area (Å²) in [5, 5.41) is -0.442. The molecule has 0 bridgehead atoms. The van der Waals surface area contributed by atoms with E-state index >= 15 is 0 Å². The molecule has 2 aliphatic rings. The molecule has 2 aliphatic heterocycles. The normalized spacial score (nSPS) is 16.1. The summed E-state index contributed by atoms with van der Waals surface area (Å²) >= 11 is 6.92. The third kappa shape index (κ3) is 4.53. The number of piperazine rings is 1. The number of halogens is 6. The van der Waals surface area contributed by atoms with E-state index in [1.54, 1.807) is 9.80 Å². The van der Waals surface area contributed by atoms with E-state index in [1.807, 2.05) is 0 Å². The van der Waals surface area contributed by atoms with Gasteiger partial charge in [-0.1, -0.05) is 18.2 Å². The third-order valence-electron chi connectivity index (χ3n) is 6.62. The van der Waals surface area contributed by atoms with Crippen LogP contribution in [0.1, 0.15) is 12.0 Å². The number of carbonyl (C=O) groups is 1. The highest BCUT2D eigenvalue weighted by Crippen LogP contribution is 2.49. The molecule has 1 saturated heterocycles. The zero-order valence-corrected chi connectivity index (χ0v) is 21.3. The van der Waals surface area contributed by atoms with E-state index in [0.29, 0.717) is 18.2 Å². The molecule has 0 aliphatic carbocycles. The van der Waals surface area contributed by atoms with Gasteiger partial charge in [-0.05, 0) is 30.4 Å². The Bertz CT molecular complexity index is 1530. The second-order valence-corrected chi connectivity index (χ2v) is 10.4. The SMILES string of the molecule is C=CC(=O)N1CCN(c2nc(=O)n3c4c(c(-c5cc(Cl)c(F)cc5F)c(C(F)(F)F)cc24)SCCC3)CC1. The summed E-state index contributed by atoms with van der Waals surface area (Å²) in [5.41, 5.74) is -2.60. The van der Waals surface area contributed by atoms with Gasteiger partial charge < -0.3 is 9.80 Å². The van der Waals surface area contributed by atoms with Crippen LogP contribution in [-0.4, -0.2) is 52.3 Å². The van der Waals surface area contributed by atoms with E-state index in [0.717, 1.165) is 23.9 Å². The minimum Gasteiger partial charge on any atom is -0.352 e. The topological polar surface area (TPSA) is 58.4 Å². The van der Waals surface area contributed by atoms with Crippen molar-refractivity contribution in [1.82, 2.24) is 14.5 Å². The number of benzene rings is 2. The fraction of sp³-hybridized carbons (Fsp3) is 0.320. The molecule has 6 nitrogen and oxygen atoms in total. The summed E-state index contributed by atoms with van der Waals surface area (Å²) in [6, 6.07) is 2.16. The Kier molecular flexibility index (Phi) is 6.89. The molecule has 0 radical (unpaired) electrons. The van der Waals surface area contributed by atoms with Crippen molar-refractivity contribution in [3.05, 3.63) is 63.6 Å². The number of thioether (sulfide) groups is 1. The molecule has 38 heavy (non-hydrogen) atoms. The quantitative estimate of drug-likeness (QED) is 0.242.